The summed E-state index contributed by atoms with van der Waals surface area (Å²) in [6.45, 7) is 5.23. The normalized spacial score (nSPS) is 24.9. The molecule has 3 rings (SSSR count). The molecule has 0 N–H and O–H groups in total. The van der Waals surface area contributed by atoms with Gasteiger partial charge in [0.15, 0.2) is 29.1 Å². The van der Waals surface area contributed by atoms with Gasteiger partial charge in [-0.1, -0.05) is 0 Å². The molecule has 2 aliphatic heterocycles. The molecule has 1 amide bonds. The molecule has 0 radical (unpaired) electrons. The molecule has 27 heavy (non-hydrogen) atoms. The third kappa shape index (κ3) is 3.66. The van der Waals surface area contributed by atoms with Crippen molar-refractivity contribution in [3.05, 3.63) is 34.9 Å². The fraction of sp³-hybridized carbons (Fsp3) is 0.579. The van der Waals surface area contributed by atoms with Crippen molar-refractivity contribution in [2.24, 2.45) is 5.92 Å². The Morgan fingerprint density at radius 3 is 1.93 bits per heavy atom. The monoisotopic (exact) mass is 387 g/mol. The van der Waals surface area contributed by atoms with Crippen LogP contribution in [0.1, 0.15) is 56.8 Å². The van der Waals surface area contributed by atoms with Gasteiger partial charge in [-0.25, -0.2) is 22.4 Å². The molecule has 2 fully saturated rings. The summed E-state index contributed by atoms with van der Waals surface area (Å²) >= 11 is 0. The summed E-state index contributed by atoms with van der Waals surface area (Å²) in [5, 5.41) is 0. The number of ether oxygens (including phenoxy) is 1. The standard InChI is InChI=1S/C19H21F4NO3/c1-19(2,3)27-18(26)24-10-4-5-11(24)7-9(6-10)17(25)14-15(22)12(20)8-13(21)16(14)23/h8-11H,4-7H2,1-3H3. The van der Waals surface area contributed by atoms with Crippen molar-refractivity contribution >= 4 is 11.9 Å². The van der Waals surface area contributed by atoms with Crippen molar-refractivity contribution in [3.63, 3.8) is 0 Å². The third-order valence-electron chi connectivity index (χ3n) is 5.07. The molecular formula is C19H21F4NO3. The summed E-state index contributed by atoms with van der Waals surface area (Å²) in [4.78, 5) is 26.6. The van der Waals surface area contributed by atoms with Crippen molar-refractivity contribution < 1.29 is 31.9 Å². The minimum atomic E-state index is -1.68. The Morgan fingerprint density at radius 2 is 1.48 bits per heavy atom. The van der Waals surface area contributed by atoms with Gasteiger partial charge in [-0.2, -0.15) is 0 Å². The van der Waals surface area contributed by atoms with E-state index in [1.54, 1.807) is 25.7 Å². The molecule has 2 saturated heterocycles. The Morgan fingerprint density at radius 1 is 1.00 bits per heavy atom. The molecule has 0 aliphatic carbocycles. The molecule has 4 nitrogen and oxygen atoms in total. The van der Waals surface area contributed by atoms with Crippen LogP contribution in [-0.4, -0.2) is 34.5 Å². The Hall–Kier alpha value is -2.12. The minimum absolute atomic E-state index is 0.0796. The Bertz CT molecular complexity index is 750. The number of ketones is 1. The molecule has 1 aromatic carbocycles. The van der Waals surface area contributed by atoms with E-state index in [2.05, 4.69) is 0 Å². The van der Waals surface area contributed by atoms with E-state index in [9.17, 15) is 27.2 Å². The predicted molar refractivity (Wildman–Crippen MR) is 88.2 cm³/mol. The molecule has 2 bridgehead atoms. The van der Waals surface area contributed by atoms with Crippen LogP contribution in [0.5, 0.6) is 0 Å². The summed E-state index contributed by atoms with van der Waals surface area (Å²) < 4.78 is 60.2. The number of benzene rings is 1. The van der Waals surface area contributed by atoms with E-state index in [-0.39, 0.29) is 31.0 Å². The first-order valence-corrected chi connectivity index (χ1v) is 8.88. The molecule has 1 aromatic rings. The maximum Gasteiger partial charge on any atom is 0.410 e. The number of carbonyl (C=O) groups excluding carboxylic acids is 2. The van der Waals surface area contributed by atoms with Gasteiger partial charge in [-0.05, 0) is 46.5 Å². The van der Waals surface area contributed by atoms with Crippen LogP contribution >= 0.6 is 0 Å². The Labute approximate surface area is 154 Å². The molecule has 2 heterocycles. The van der Waals surface area contributed by atoms with E-state index in [1.165, 1.54) is 0 Å². The second-order valence-corrected chi connectivity index (χ2v) is 8.15. The van der Waals surface area contributed by atoms with Crippen LogP contribution in [0.2, 0.25) is 0 Å². The van der Waals surface area contributed by atoms with Crippen LogP contribution in [0.3, 0.4) is 0 Å². The highest BCUT2D eigenvalue weighted by atomic mass is 19.2. The van der Waals surface area contributed by atoms with Crippen molar-refractivity contribution in [2.45, 2.75) is 64.1 Å². The van der Waals surface area contributed by atoms with Gasteiger partial charge in [-0.15, -0.1) is 0 Å². The first-order chi connectivity index (χ1) is 12.5. The van der Waals surface area contributed by atoms with E-state index in [0.29, 0.717) is 12.8 Å². The fourth-order valence-electron chi connectivity index (χ4n) is 4.00. The third-order valence-corrected chi connectivity index (χ3v) is 5.07. The molecular weight excluding hydrogens is 366 g/mol. The smallest absolute Gasteiger partial charge is 0.410 e. The first kappa shape index (κ1) is 19.6. The predicted octanol–water partition coefficient (Wildman–Crippen LogP) is 4.60. The number of hydrogen-bond donors (Lipinski definition) is 0. The van der Waals surface area contributed by atoms with Crippen molar-refractivity contribution in [2.75, 3.05) is 0 Å². The minimum Gasteiger partial charge on any atom is -0.444 e. The van der Waals surface area contributed by atoms with Gasteiger partial charge in [0.05, 0.1) is 5.56 Å². The Balaban J connectivity index is 1.81. The summed E-state index contributed by atoms with van der Waals surface area (Å²) in [6.07, 6.45) is 1.12. The molecule has 0 spiro atoms. The maximum absolute atomic E-state index is 14.0. The first-order valence-electron chi connectivity index (χ1n) is 8.88. The number of carbonyl (C=O) groups is 2. The summed E-state index contributed by atoms with van der Waals surface area (Å²) in [5.41, 5.74) is -1.85. The lowest BCUT2D eigenvalue weighted by Gasteiger charge is -2.39. The zero-order valence-electron chi connectivity index (χ0n) is 15.3. The van der Waals surface area contributed by atoms with Crippen LogP contribution in [0.15, 0.2) is 6.07 Å². The number of hydrogen-bond acceptors (Lipinski definition) is 3. The average Bonchev–Trinajstić information content (AvgIpc) is 2.82. The highest BCUT2D eigenvalue weighted by Gasteiger charge is 2.47. The Kier molecular flexibility index (Phi) is 4.94. The number of Topliss-reactive ketones (excluding diaryl/α,β-unsaturated/α-hetero) is 1. The molecule has 2 unspecified atom stereocenters. The number of piperidine rings is 1. The van der Waals surface area contributed by atoms with E-state index in [0.717, 1.165) is 0 Å². The van der Waals surface area contributed by atoms with Crippen molar-refractivity contribution in [1.82, 2.24) is 4.90 Å². The molecule has 0 saturated carbocycles. The summed E-state index contributed by atoms with van der Waals surface area (Å²) in [6, 6.07) is -0.537. The fourth-order valence-corrected chi connectivity index (χ4v) is 4.00. The van der Waals surface area contributed by atoms with Crippen LogP contribution in [-0.2, 0) is 4.74 Å². The van der Waals surface area contributed by atoms with Gasteiger partial charge < -0.3 is 9.64 Å². The van der Waals surface area contributed by atoms with E-state index in [1.807, 2.05) is 0 Å². The lowest BCUT2D eigenvalue weighted by Crippen LogP contribution is -2.49. The van der Waals surface area contributed by atoms with Crippen LogP contribution in [0.25, 0.3) is 0 Å². The molecule has 8 heteroatoms. The van der Waals surface area contributed by atoms with Gasteiger partial charge in [-0.3, -0.25) is 4.79 Å². The molecule has 2 aliphatic rings. The summed E-state index contributed by atoms with van der Waals surface area (Å²) in [7, 11) is 0. The van der Waals surface area contributed by atoms with Gasteiger partial charge in [0.1, 0.15) is 5.60 Å². The van der Waals surface area contributed by atoms with Crippen LogP contribution < -0.4 is 0 Å². The van der Waals surface area contributed by atoms with Gasteiger partial charge in [0, 0.05) is 24.1 Å². The SMILES string of the molecule is CC(C)(C)OC(=O)N1C2CCC1CC(C(=O)c1c(F)c(F)cc(F)c1F)C2. The van der Waals surface area contributed by atoms with Crippen molar-refractivity contribution in [3.8, 4) is 0 Å². The van der Waals surface area contributed by atoms with Crippen LogP contribution in [0, 0.1) is 29.2 Å². The second kappa shape index (κ2) is 6.80. The van der Waals surface area contributed by atoms with Gasteiger partial charge in [0.2, 0.25) is 0 Å². The number of nitrogens with zero attached hydrogens (tertiary/aromatic N) is 1. The molecule has 0 aromatic heterocycles. The lowest BCUT2D eigenvalue weighted by atomic mass is 9.84. The second-order valence-electron chi connectivity index (χ2n) is 8.15. The number of halogens is 4. The van der Waals surface area contributed by atoms with E-state index in [4.69, 9.17) is 4.74 Å². The van der Waals surface area contributed by atoms with E-state index < -0.39 is 52.2 Å². The highest BCUT2D eigenvalue weighted by molar-refractivity contribution is 5.98. The number of rotatable bonds is 2. The zero-order valence-corrected chi connectivity index (χ0v) is 15.3. The van der Waals surface area contributed by atoms with Gasteiger partial charge in [0.25, 0.3) is 0 Å². The number of fused-ring (bicyclic) bond motifs is 2. The zero-order chi connectivity index (χ0) is 20.1. The number of amides is 1. The quantitative estimate of drug-likeness (QED) is 0.423. The van der Waals surface area contributed by atoms with E-state index >= 15 is 0 Å². The maximum atomic E-state index is 14.0. The summed E-state index contributed by atoms with van der Waals surface area (Å²) in [5.74, 6) is -8.35. The van der Waals surface area contributed by atoms with Crippen molar-refractivity contribution in [1.29, 1.82) is 0 Å². The van der Waals surface area contributed by atoms with Crippen LogP contribution in [0.4, 0.5) is 22.4 Å². The molecule has 2 atom stereocenters. The highest BCUT2D eigenvalue weighted by Crippen LogP contribution is 2.41. The topological polar surface area (TPSA) is 46.6 Å². The van der Waals surface area contributed by atoms with Gasteiger partial charge >= 0.3 is 6.09 Å². The average molecular weight is 387 g/mol. The molecule has 148 valence electrons. The lowest BCUT2D eigenvalue weighted by molar-refractivity contribution is 0.00245. The largest absolute Gasteiger partial charge is 0.444 e.